The first-order valence-electron chi connectivity index (χ1n) is 11.0. The van der Waals surface area contributed by atoms with Gasteiger partial charge in [-0.3, -0.25) is 0 Å². The van der Waals surface area contributed by atoms with Gasteiger partial charge in [-0.25, -0.2) is 4.99 Å². The van der Waals surface area contributed by atoms with Gasteiger partial charge in [-0.15, -0.1) is 5.11 Å². The summed E-state index contributed by atoms with van der Waals surface area (Å²) in [5.74, 6) is 0.856. The number of azo groups is 1. The second-order valence-electron chi connectivity index (χ2n) is 8.44. The predicted molar refractivity (Wildman–Crippen MR) is 119 cm³/mol. The SMILES string of the molecule is c1ccc(N2CCCC2)c(CN=NC2=Nc3ccccc3NC23CCCCC3)c1. The summed E-state index contributed by atoms with van der Waals surface area (Å²) < 4.78 is 0. The van der Waals surface area contributed by atoms with E-state index in [1.165, 1.54) is 43.4 Å². The van der Waals surface area contributed by atoms with Crippen LogP contribution in [0, 0.1) is 0 Å². The zero-order chi connectivity index (χ0) is 19.5. The van der Waals surface area contributed by atoms with Crippen molar-refractivity contribution in [1.29, 1.82) is 0 Å². The maximum Gasteiger partial charge on any atom is 0.176 e. The molecule has 2 fully saturated rings. The Balaban J connectivity index is 1.41. The third kappa shape index (κ3) is 3.66. The molecule has 5 nitrogen and oxygen atoms in total. The van der Waals surface area contributed by atoms with E-state index in [1.54, 1.807) is 0 Å². The van der Waals surface area contributed by atoms with Crippen LogP contribution in [0.25, 0.3) is 0 Å². The van der Waals surface area contributed by atoms with Crippen LogP contribution in [0.2, 0.25) is 0 Å². The number of nitrogens with one attached hydrogen (secondary N) is 1. The second kappa shape index (κ2) is 7.97. The van der Waals surface area contributed by atoms with E-state index in [4.69, 9.17) is 10.1 Å². The van der Waals surface area contributed by atoms with Gasteiger partial charge in [-0.05, 0) is 49.4 Å². The Bertz CT molecular complexity index is 920. The van der Waals surface area contributed by atoms with Gasteiger partial charge in [0.15, 0.2) is 5.84 Å². The molecule has 5 rings (SSSR count). The van der Waals surface area contributed by atoms with Gasteiger partial charge >= 0.3 is 0 Å². The van der Waals surface area contributed by atoms with Crippen molar-refractivity contribution in [2.24, 2.45) is 15.2 Å². The van der Waals surface area contributed by atoms with Crippen molar-refractivity contribution in [1.82, 2.24) is 0 Å². The van der Waals surface area contributed by atoms with Gasteiger partial charge in [0.25, 0.3) is 0 Å². The molecule has 0 atom stereocenters. The van der Waals surface area contributed by atoms with E-state index in [0.717, 1.165) is 43.1 Å². The average Bonchev–Trinajstić information content (AvgIpc) is 3.30. The van der Waals surface area contributed by atoms with Crippen LogP contribution in [-0.4, -0.2) is 24.5 Å². The van der Waals surface area contributed by atoms with Gasteiger partial charge in [0.05, 0.1) is 23.5 Å². The molecule has 2 aromatic carbocycles. The summed E-state index contributed by atoms with van der Waals surface area (Å²) in [6, 6.07) is 16.9. The summed E-state index contributed by atoms with van der Waals surface area (Å²) in [6.45, 7) is 2.89. The Morgan fingerprint density at radius 2 is 1.66 bits per heavy atom. The summed E-state index contributed by atoms with van der Waals surface area (Å²) in [4.78, 5) is 7.41. The highest BCUT2D eigenvalue weighted by Gasteiger charge is 2.40. The molecular formula is C24H29N5. The van der Waals surface area contributed by atoms with Crippen molar-refractivity contribution in [3.8, 4) is 0 Å². The van der Waals surface area contributed by atoms with E-state index >= 15 is 0 Å². The van der Waals surface area contributed by atoms with Crippen molar-refractivity contribution in [3.63, 3.8) is 0 Å². The molecule has 2 aromatic rings. The fourth-order valence-electron chi connectivity index (χ4n) is 4.92. The molecule has 150 valence electrons. The van der Waals surface area contributed by atoms with Gasteiger partial charge in [0.2, 0.25) is 0 Å². The summed E-state index contributed by atoms with van der Waals surface area (Å²) in [6.07, 6.45) is 8.41. The number of fused-ring (bicyclic) bond motifs is 1. The Hall–Kier alpha value is -2.69. The van der Waals surface area contributed by atoms with Gasteiger partial charge in [-0.2, -0.15) is 5.11 Å². The quantitative estimate of drug-likeness (QED) is 0.647. The minimum atomic E-state index is -0.162. The molecular weight excluding hydrogens is 358 g/mol. The number of para-hydroxylation sites is 3. The molecule has 0 aromatic heterocycles. The van der Waals surface area contributed by atoms with Gasteiger partial charge < -0.3 is 10.2 Å². The fourth-order valence-corrected chi connectivity index (χ4v) is 4.92. The molecule has 29 heavy (non-hydrogen) atoms. The van der Waals surface area contributed by atoms with Crippen LogP contribution < -0.4 is 10.2 Å². The number of hydrogen-bond acceptors (Lipinski definition) is 5. The third-order valence-electron chi connectivity index (χ3n) is 6.48. The lowest BCUT2D eigenvalue weighted by Crippen LogP contribution is -2.48. The lowest BCUT2D eigenvalue weighted by Gasteiger charge is -2.40. The molecule has 1 aliphatic carbocycles. The molecule has 0 unspecified atom stereocenters. The topological polar surface area (TPSA) is 52.4 Å². The molecule has 0 bridgehead atoms. The molecule has 1 saturated carbocycles. The number of amidine groups is 1. The van der Waals surface area contributed by atoms with Gasteiger partial charge in [-0.1, -0.05) is 49.6 Å². The zero-order valence-corrected chi connectivity index (χ0v) is 17.0. The van der Waals surface area contributed by atoms with Crippen LogP contribution in [0.3, 0.4) is 0 Å². The van der Waals surface area contributed by atoms with Crippen molar-refractivity contribution in [3.05, 3.63) is 54.1 Å². The molecule has 1 saturated heterocycles. The van der Waals surface area contributed by atoms with Crippen LogP contribution >= 0.6 is 0 Å². The first-order chi connectivity index (χ1) is 14.3. The third-order valence-corrected chi connectivity index (χ3v) is 6.48. The molecule has 5 heteroatoms. The van der Waals surface area contributed by atoms with Crippen LogP contribution in [-0.2, 0) is 6.54 Å². The van der Waals surface area contributed by atoms with Gasteiger partial charge in [0, 0.05) is 18.8 Å². The highest BCUT2D eigenvalue weighted by Crippen LogP contribution is 2.41. The van der Waals surface area contributed by atoms with E-state index < -0.39 is 0 Å². The normalized spacial score (nSPS) is 20.6. The Morgan fingerprint density at radius 3 is 2.52 bits per heavy atom. The molecule has 3 aliphatic rings. The van der Waals surface area contributed by atoms with Crippen molar-refractivity contribution in [2.75, 3.05) is 23.3 Å². The Morgan fingerprint density at radius 1 is 0.897 bits per heavy atom. The van der Waals surface area contributed by atoms with Crippen molar-refractivity contribution in [2.45, 2.75) is 57.0 Å². The maximum absolute atomic E-state index is 4.94. The summed E-state index contributed by atoms with van der Waals surface area (Å²) in [5.41, 5.74) is 4.48. The lowest BCUT2D eigenvalue weighted by atomic mass is 9.79. The first-order valence-corrected chi connectivity index (χ1v) is 11.0. The Labute approximate surface area is 173 Å². The Kier molecular flexibility index (Phi) is 5.04. The van der Waals surface area contributed by atoms with E-state index in [-0.39, 0.29) is 5.54 Å². The van der Waals surface area contributed by atoms with Crippen LogP contribution in [0.5, 0.6) is 0 Å². The highest BCUT2D eigenvalue weighted by molar-refractivity contribution is 6.00. The minimum Gasteiger partial charge on any atom is -0.371 e. The standard InChI is InChI=1S/C24H29N5/c1-6-14-24(15-7-1)23(26-20-11-3-4-12-21(20)27-24)28-25-18-19-10-2-5-13-22(19)29-16-8-9-17-29/h2-5,10-13,27H,1,6-9,14-18H2. The monoisotopic (exact) mass is 387 g/mol. The smallest absolute Gasteiger partial charge is 0.176 e. The number of hydrogen-bond donors (Lipinski definition) is 1. The minimum absolute atomic E-state index is 0.162. The van der Waals surface area contributed by atoms with Crippen LogP contribution in [0.15, 0.2) is 63.8 Å². The highest BCUT2D eigenvalue weighted by atomic mass is 15.2. The number of nitrogens with zero attached hydrogens (tertiary/aromatic N) is 4. The zero-order valence-electron chi connectivity index (χ0n) is 17.0. The second-order valence-corrected chi connectivity index (χ2v) is 8.44. The summed E-state index contributed by atoms with van der Waals surface area (Å²) in [5, 5.41) is 13.1. The van der Waals surface area contributed by atoms with Crippen molar-refractivity contribution < 1.29 is 0 Å². The van der Waals surface area contributed by atoms with Crippen LogP contribution in [0.4, 0.5) is 17.1 Å². The number of aliphatic imine (C=N–C) groups is 1. The number of benzene rings is 2. The van der Waals surface area contributed by atoms with Crippen LogP contribution in [0.1, 0.15) is 50.5 Å². The number of anilines is 2. The maximum atomic E-state index is 4.94. The lowest BCUT2D eigenvalue weighted by molar-refractivity contribution is 0.401. The van der Waals surface area contributed by atoms with E-state index in [1.807, 2.05) is 6.07 Å². The van der Waals surface area contributed by atoms with Gasteiger partial charge in [0.1, 0.15) is 0 Å². The summed E-state index contributed by atoms with van der Waals surface area (Å²) in [7, 11) is 0. The largest absolute Gasteiger partial charge is 0.371 e. The molecule has 1 N–H and O–H groups in total. The summed E-state index contributed by atoms with van der Waals surface area (Å²) >= 11 is 0. The van der Waals surface area contributed by atoms with E-state index in [0.29, 0.717) is 6.54 Å². The predicted octanol–water partition coefficient (Wildman–Crippen LogP) is 6.10. The molecule has 2 aliphatic heterocycles. The van der Waals surface area contributed by atoms with Crippen molar-refractivity contribution >= 4 is 22.9 Å². The van der Waals surface area contributed by atoms with E-state index in [2.05, 4.69) is 57.8 Å². The average molecular weight is 388 g/mol. The fraction of sp³-hybridized carbons (Fsp3) is 0.458. The number of rotatable bonds is 3. The molecule has 0 radical (unpaired) electrons. The molecule has 2 heterocycles. The molecule has 0 amide bonds. The van der Waals surface area contributed by atoms with E-state index in [9.17, 15) is 0 Å². The first kappa shape index (κ1) is 18.3. The molecule has 1 spiro atoms.